The van der Waals surface area contributed by atoms with Gasteiger partial charge in [-0.05, 0) is 24.6 Å². The Morgan fingerprint density at radius 1 is 1.42 bits per heavy atom. The van der Waals surface area contributed by atoms with E-state index in [1.54, 1.807) is 13.1 Å². The van der Waals surface area contributed by atoms with Crippen molar-refractivity contribution in [3.05, 3.63) is 29.8 Å². The van der Waals surface area contributed by atoms with Crippen molar-refractivity contribution in [2.45, 2.75) is 19.4 Å². The number of aryl methyl sites for hydroxylation is 1. The molecule has 6 nitrogen and oxygen atoms in total. The van der Waals surface area contributed by atoms with Gasteiger partial charge in [0.15, 0.2) is 6.10 Å². The molecule has 6 heteroatoms. The van der Waals surface area contributed by atoms with E-state index in [4.69, 9.17) is 10.2 Å². The van der Waals surface area contributed by atoms with Crippen molar-refractivity contribution in [2.24, 2.45) is 0 Å². The van der Waals surface area contributed by atoms with E-state index in [1.807, 2.05) is 25.1 Å². The Balaban J connectivity index is 2.47. The number of hydrogen-bond acceptors (Lipinski definition) is 3. The number of amides is 2. The second kappa shape index (κ2) is 6.75. The Hall–Kier alpha value is -2.08. The predicted molar refractivity (Wildman–Crippen MR) is 71.2 cm³/mol. The molecule has 0 bridgehead atoms. The summed E-state index contributed by atoms with van der Waals surface area (Å²) in [6.45, 7) is 2.03. The van der Waals surface area contributed by atoms with Gasteiger partial charge in [0, 0.05) is 25.7 Å². The molecule has 0 fully saturated rings. The number of aliphatic carboxylic acids is 1. The van der Waals surface area contributed by atoms with Crippen LogP contribution in [-0.4, -0.2) is 41.9 Å². The summed E-state index contributed by atoms with van der Waals surface area (Å²) in [6.07, 6.45) is -1.48. The van der Waals surface area contributed by atoms with Gasteiger partial charge in [0.05, 0.1) is 0 Å². The summed E-state index contributed by atoms with van der Waals surface area (Å²) in [4.78, 5) is 23.6. The molecule has 0 aromatic heterocycles. The van der Waals surface area contributed by atoms with Crippen LogP contribution in [0.4, 0.5) is 10.5 Å². The molecule has 104 valence electrons. The van der Waals surface area contributed by atoms with Crippen LogP contribution in [-0.2, 0) is 4.79 Å². The largest absolute Gasteiger partial charge is 0.479 e. The van der Waals surface area contributed by atoms with Crippen LogP contribution in [0.25, 0.3) is 0 Å². The predicted octanol–water partition coefficient (Wildman–Crippen LogP) is 0.976. The number of carbonyl (C=O) groups excluding carboxylic acids is 1. The number of benzene rings is 1. The van der Waals surface area contributed by atoms with Gasteiger partial charge < -0.3 is 15.5 Å². The number of hydrogen-bond donors (Lipinski definition) is 3. The van der Waals surface area contributed by atoms with Crippen LogP contribution in [0.3, 0.4) is 0 Å². The zero-order valence-electron chi connectivity index (χ0n) is 11.0. The Morgan fingerprint density at radius 2 is 2.11 bits per heavy atom. The number of rotatable bonds is 5. The van der Waals surface area contributed by atoms with Crippen LogP contribution >= 0.6 is 0 Å². The lowest BCUT2D eigenvalue weighted by Gasteiger charge is -2.18. The lowest BCUT2D eigenvalue weighted by atomic mass is 10.2. The second-order valence-electron chi connectivity index (χ2n) is 4.27. The van der Waals surface area contributed by atoms with Crippen LogP contribution < -0.4 is 10.2 Å². The number of aliphatic hydroxyl groups excluding tert-OH is 1. The molecule has 2 amide bonds. The molecule has 0 spiro atoms. The van der Waals surface area contributed by atoms with E-state index < -0.39 is 12.1 Å². The van der Waals surface area contributed by atoms with Gasteiger partial charge >= 0.3 is 12.0 Å². The lowest BCUT2D eigenvalue weighted by Crippen LogP contribution is -2.39. The van der Waals surface area contributed by atoms with Crippen molar-refractivity contribution in [3.63, 3.8) is 0 Å². The summed E-state index contributed by atoms with van der Waals surface area (Å²) >= 11 is 0. The van der Waals surface area contributed by atoms with Gasteiger partial charge in [-0.3, -0.25) is 4.90 Å². The summed E-state index contributed by atoms with van der Waals surface area (Å²) in [5.41, 5.74) is 1.79. The zero-order chi connectivity index (χ0) is 14.4. The van der Waals surface area contributed by atoms with Gasteiger partial charge in [0.2, 0.25) is 0 Å². The van der Waals surface area contributed by atoms with E-state index in [-0.39, 0.29) is 19.0 Å². The molecule has 0 heterocycles. The molecule has 1 rings (SSSR count). The number of carboxylic acid groups (broad SMARTS) is 1. The van der Waals surface area contributed by atoms with Gasteiger partial charge in [0.25, 0.3) is 0 Å². The fourth-order valence-corrected chi connectivity index (χ4v) is 1.51. The molecule has 0 radical (unpaired) electrons. The van der Waals surface area contributed by atoms with Gasteiger partial charge in [-0.1, -0.05) is 12.1 Å². The van der Waals surface area contributed by atoms with Crippen LogP contribution in [0.5, 0.6) is 0 Å². The zero-order valence-corrected chi connectivity index (χ0v) is 11.0. The van der Waals surface area contributed by atoms with Crippen LogP contribution in [0.2, 0.25) is 0 Å². The fraction of sp³-hybridized carbons (Fsp3) is 0.385. The van der Waals surface area contributed by atoms with Crippen molar-refractivity contribution in [1.29, 1.82) is 0 Å². The minimum absolute atomic E-state index is 0.0251. The maximum atomic E-state index is 11.8. The van der Waals surface area contributed by atoms with E-state index in [9.17, 15) is 9.59 Å². The molecule has 0 aliphatic rings. The van der Waals surface area contributed by atoms with Crippen LogP contribution in [0, 0.1) is 6.92 Å². The highest BCUT2D eigenvalue weighted by Gasteiger charge is 2.14. The maximum Gasteiger partial charge on any atom is 0.332 e. The third-order valence-corrected chi connectivity index (χ3v) is 2.67. The molecule has 0 aliphatic heterocycles. The van der Waals surface area contributed by atoms with Crippen LogP contribution in [0.1, 0.15) is 12.0 Å². The molecular formula is C13H18N2O4. The topological polar surface area (TPSA) is 89.9 Å². The smallest absolute Gasteiger partial charge is 0.332 e. The van der Waals surface area contributed by atoms with Crippen molar-refractivity contribution in [2.75, 3.05) is 18.5 Å². The van der Waals surface area contributed by atoms with Crippen molar-refractivity contribution in [3.8, 4) is 0 Å². The highest BCUT2D eigenvalue weighted by Crippen LogP contribution is 2.14. The molecule has 1 aromatic rings. The Kier molecular flexibility index (Phi) is 5.32. The Labute approximate surface area is 111 Å². The number of aliphatic hydroxyl groups is 1. The van der Waals surface area contributed by atoms with Crippen molar-refractivity contribution in [1.82, 2.24) is 5.32 Å². The molecule has 19 heavy (non-hydrogen) atoms. The molecule has 0 aliphatic carbocycles. The third-order valence-electron chi connectivity index (χ3n) is 2.67. The summed E-state index contributed by atoms with van der Waals surface area (Å²) in [6, 6.07) is 7.11. The maximum absolute atomic E-state index is 11.8. The average molecular weight is 266 g/mol. The highest BCUT2D eigenvalue weighted by molar-refractivity contribution is 5.91. The molecule has 1 atom stereocenters. The van der Waals surface area contributed by atoms with Crippen LogP contribution in [0.15, 0.2) is 24.3 Å². The summed E-state index contributed by atoms with van der Waals surface area (Å²) in [7, 11) is 1.62. The van der Waals surface area contributed by atoms with Gasteiger partial charge in [-0.2, -0.15) is 0 Å². The van der Waals surface area contributed by atoms with Gasteiger partial charge in [0.1, 0.15) is 0 Å². The number of carboxylic acids is 1. The van der Waals surface area contributed by atoms with E-state index >= 15 is 0 Å². The Morgan fingerprint density at radius 3 is 2.68 bits per heavy atom. The SMILES string of the molecule is Cc1cccc(N(C)C(=O)NCCC(O)C(=O)O)c1. The summed E-state index contributed by atoms with van der Waals surface area (Å²) in [5.74, 6) is -1.29. The summed E-state index contributed by atoms with van der Waals surface area (Å²) in [5, 5.41) is 20.1. The second-order valence-corrected chi connectivity index (χ2v) is 4.27. The summed E-state index contributed by atoms with van der Waals surface area (Å²) < 4.78 is 0. The first-order valence-corrected chi connectivity index (χ1v) is 5.91. The molecule has 1 aromatic carbocycles. The lowest BCUT2D eigenvalue weighted by molar-refractivity contribution is -0.146. The number of urea groups is 1. The first-order valence-electron chi connectivity index (χ1n) is 5.91. The molecule has 1 unspecified atom stereocenters. The first-order chi connectivity index (χ1) is 8.91. The number of carbonyl (C=O) groups is 2. The monoisotopic (exact) mass is 266 g/mol. The number of anilines is 1. The average Bonchev–Trinajstić information content (AvgIpc) is 2.37. The first kappa shape index (κ1) is 15.0. The normalized spacial score (nSPS) is 11.7. The van der Waals surface area contributed by atoms with Gasteiger partial charge in [-0.25, -0.2) is 9.59 Å². The van der Waals surface area contributed by atoms with E-state index in [0.717, 1.165) is 11.3 Å². The minimum atomic E-state index is -1.45. The molecule has 0 saturated heterocycles. The quantitative estimate of drug-likeness (QED) is 0.741. The van der Waals surface area contributed by atoms with E-state index in [1.165, 1.54) is 4.90 Å². The molecule has 0 saturated carbocycles. The Bertz CT molecular complexity index is 462. The van der Waals surface area contributed by atoms with E-state index in [2.05, 4.69) is 5.32 Å². The molecule has 3 N–H and O–H groups in total. The van der Waals surface area contributed by atoms with Crippen molar-refractivity contribution < 1.29 is 19.8 Å². The van der Waals surface area contributed by atoms with Gasteiger partial charge in [-0.15, -0.1) is 0 Å². The van der Waals surface area contributed by atoms with Crippen molar-refractivity contribution >= 4 is 17.7 Å². The number of nitrogens with one attached hydrogen (secondary N) is 1. The standard InChI is InChI=1S/C13H18N2O4/c1-9-4-3-5-10(8-9)15(2)13(19)14-7-6-11(16)12(17)18/h3-5,8,11,16H,6-7H2,1-2H3,(H,14,19)(H,17,18). The fourth-order valence-electron chi connectivity index (χ4n) is 1.51. The highest BCUT2D eigenvalue weighted by atomic mass is 16.4. The minimum Gasteiger partial charge on any atom is -0.479 e. The number of nitrogens with zero attached hydrogens (tertiary/aromatic N) is 1. The molecular weight excluding hydrogens is 248 g/mol. The third kappa shape index (κ3) is 4.59. The van der Waals surface area contributed by atoms with E-state index in [0.29, 0.717) is 0 Å².